The van der Waals surface area contributed by atoms with Crippen LogP contribution in [0.5, 0.6) is 0 Å². The maximum Gasteiger partial charge on any atom is 0.0245 e. The highest BCUT2D eigenvalue weighted by molar-refractivity contribution is 9.09. The Hall–Kier alpha value is -0.560. The fourth-order valence-corrected chi connectivity index (χ4v) is 2.42. The number of benzene rings is 1. The van der Waals surface area contributed by atoms with Gasteiger partial charge in [-0.25, -0.2) is 0 Å². The number of alkyl halides is 1. The van der Waals surface area contributed by atoms with Crippen LogP contribution in [-0.2, 0) is 0 Å². The van der Waals surface area contributed by atoms with Crippen molar-refractivity contribution in [3.05, 3.63) is 40.0 Å². The molecule has 0 bridgehead atoms. The van der Waals surface area contributed by atoms with E-state index in [0.717, 1.165) is 11.8 Å². The molecule has 82 valence electrons. The van der Waals surface area contributed by atoms with Crippen molar-refractivity contribution in [2.24, 2.45) is 0 Å². The molecule has 0 heterocycles. The predicted molar refractivity (Wildman–Crippen MR) is 72.7 cm³/mol. The third kappa shape index (κ3) is 3.20. The quantitative estimate of drug-likeness (QED) is 0.690. The summed E-state index contributed by atoms with van der Waals surface area (Å²) in [7, 11) is 0. The van der Waals surface area contributed by atoms with E-state index in [1.54, 1.807) is 0 Å². The Balaban J connectivity index is 3.20. The van der Waals surface area contributed by atoms with Crippen LogP contribution in [0.3, 0.4) is 0 Å². The van der Waals surface area contributed by atoms with E-state index in [1.165, 1.54) is 27.8 Å². The van der Waals surface area contributed by atoms with E-state index in [4.69, 9.17) is 0 Å². The number of rotatable bonds is 3. The van der Waals surface area contributed by atoms with Gasteiger partial charge in [0.2, 0.25) is 0 Å². The van der Waals surface area contributed by atoms with Crippen LogP contribution in [0.4, 0.5) is 0 Å². The molecule has 1 heteroatoms. The monoisotopic (exact) mass is 266 g/mol. The van der Waals surface area contributed by atoms with E-state index in [0.29, 0.717) is 0 Å². The molecule has 0 spiro atoms. The van der Waals surface area contributed by atoms with Crippen molar-refractivity contribution in [3.8, 4) is 0 Å². The number of halogens is 1. The minimum atomic E-state index is 0.969. The van der Waals surface area contributed by atoms with E-state index in [2.05, 4.69) is 61.8 Å². The second-order valence-corrected chi connectivity index (χ2v) is 4.66. The van der Waals surface area contributed by atoms with Gasteiger partial charge in [0.15, 0.2) is 0 Å². The molecule has 0 aliphatic rings. The molecule has 0 aliphatic carbocycles. The largest absolute Gasteiger partial charge is 0.0880 e. The Kier molecular flexibility index (Phi) is 4.59. The van der Waals surface area contributed by atoms with E-state index >= 15 is 0 Å². The van der Waals surface area contributed by atoms with E-state index in [-0.39, 0.29) is 0 Å². The van der Waals surface area contributed by atoms with Gasteiger partial charge in [0.05, 0.1) is 0 Å². The van der Waals surface area contributed by atoms with Crippen molar-refractivity contribution in [1.82, 2.24) is 0 Å². The molecule has 0 atom stereocenters. The van der Waals surface area contributed by atoms with Gasteiger partial charge in [-0.1, -0.05) is 52.2 Å². The van der Waals surface area contributed by atoms with Crippen LogP contribution in [0.15, 0.2) is 17.7 Å². The van der Waals surface area contributed by atoms with Gasteiger partial charge < -0.3 is 0 Å². The first-order valence-electron chi connectivity index (χ1n) is 5.41. The van der Waals surface area contributed by atoms with E-state index in [9.17, 15) is 0 Å². The van der Waals surface area contributed by atoms with Crippen LogP contribution in [-0.4, -0.2) is 5.33 Å². The number of hydrogen-bond acceptors (Lipinski definition) is 0. The molecule has 0 N–H and O–H groups in total. The molecule has 0 saturated carbocycles. The van der Waals surface area contributed by atoms with Gasteiger partial charge in [0.25, 0.3) is 0 Å². The summed E-state index contributed by atoms with van der Waals surface area (Å²) in [5, 5.41) is 0.969. The van der Waals surface area contributed by atoms with Crippen LogP contribution >= 0.6 is 15.9 Å². The summed E-state index contributed by atoms with van der Waals surface area (Å²) >= 11 is 3.53. The zero-order valence-electron chi connectivity index (χ0n) is 10.0. The van der Waals surface area contributed by atoms with Gasteiger partial charge in [-0.15, -0.1) is 0 Å². The minimum Gasteiger partial charge on any atom is -0.0880 e. The molecule has 1 rings (SSSR count). The average Bonchev–Trinajstić information content (AvgIpc) is 2.17. The highest BCUT2D eigenvalue weighted by Gasteiger charge is 2.02. The first kappa shape index (κ1) is 12.5. The summed E-state index contributed by atoms with van der Waals surface area (Å²) in [5.74, 6) is 0. The maximum absolute atomic E-state index is 3.53. The van der Waals surface area contributed by atoms with Crippen molar-refractivity contribution >= 4 is 22.0 Å². The third-order valence-corrected chi connectivity index (χ3v) is 3.43. The lowest BCUT2D eigenvalue weighted by Crippen LogP contribution is -1.91. The Morgan fingerprint density at radius 3 is 2.13 bits per heavy atom. The molecule has 0 aromatic heterocycles. The lowest BCUT2D eigenvalue weighted by molar-refractivity contribution is 1.12. The fraction of sp³-hybridized carbons (Fsp3) is 0.429. The van der Waals surface area contributed by atoms with Crippen LogP contribution in [0.25, 0.3) is 6.08 Å². The summed E-state index contributed by atoms with van der Waals surface area (Å²) < 4.78 is 0. The van der Waals surface area contributed by atoms with Crippen molar-refractivity contribution in [1.29, 1.82) is 0 Å². The van der Waals surface area contributed by atoms with Gasteiger partial charge >= 0.3 is 0 Å². The second kappa shape index (κ2) is 5.50. The Bertz CT molecular complexity index is 346. The summed E-state index contributed by atoms with van der Waals surface area (Å²) in [6.07, 6.45) is 3.43. The third-order valence-electron chi connectivity index (χ3n) is 2.71. The molecule has 0 saturated heterocycles. The molecular formula is C14H19Br. The van der Waals surface area contributed by atoms with Crippen LogP contribution in [0, 0.1) is 20.8 Å². The Morgan fingerprint density at radius 1 is 1.20 bits per heavy atom. The predicted octanol–water partition coefficient (Wildman–Crippen LogP) is 4.80. The smallest absolute Gasteiger partial charge is 0.0245 e. The highest BCUT2D eigenvalue weighted by Crippen LogP contribution is 2.21. The second-order valence-electron chi connectivity index (χ2n) is 4.10. The summed E-state index contributed by atoms with van der Waals surface area (Å²) in [5.41, 5.74) is 6.93. The Labute approximate surface area is 102 Å². The molecule has 1 aromatic rings. The van der Waals surface area contributed by atoms with E-state index < -0.39 is 0 Å². The first-order chi connectivity index (χ1) is 7.08. The van der Waals surface area contributed by atoms with Crippen LogP contribution < -0.4 is 0 Å². The molecular weight excluding hydrogens is 248 g/mol. The molecule has 0 amide bonds. The molecule has 0 nitrogen and oxygen atoms in total. The molecule has 0 aliphatic heterocycles. The Morgan fingerprint density at radius 2 is 1.73 bits per heavy atom. The van der Waals surface area contributed by atoms with Gasteiger partial charge in [-0.2, -0.15) is 0 Å². The molecule has 15 heavy (non-hydrogen) atoms. The topological polar surface area (TPSA) is 0 Å². The number of allylic oxidation sites excluding steroid dienone is 1. The number of aryl methyl sites for hydroxylation is 3. The SMILES string of the molecule is CC/C(=C\c1c(C)cc(C)cc1C)CBr. The van der Waals surface area contributed by atoms with Gasteiger partial charge in [0.1, 0.15) is 0 Å². The lowest BCUT2D eigenvalue weighted by atomic mass is 9.97. The van der Waals surface area contributed by atoms with Crippen molar-refractivity contribution in [2.45, 2.75) is 34.1 Å². The fourth-order valence-electron chi connectivity index (χ4n) is 1.86. The summed E-state index contributed by atoms with van der Waals surface area (Å²) in [6.45, 7) is 8.73. The molecule has 1 aromatic carbocycles. The zero-order chi connectivity index (χ0) is 11.4. The maximum atomic E-state index is 3.53. The van der Waals surface area contributed by atoms with Gasteiger partial charge in [-0.3, -0.25) is 0 Å². The standard InChI is InChI=1S/C14H19Br/c1-5-13(9-15)8-14-11(3)6-10(2)7-12(14)4/h6-8H,5,9H2,1-4H3/b13-8+. The average molecular weight is 267 g/mol. The highest BCUT2D eigenvalue weighted by atomic mass is 79.9. The molecule has 0 radical (unpaired) electrons. The summed E-state index contributed by atoms with van der Waals surface area (Å²) in [6, 6.07) is 4.50. The van der Waals surface area contributed by atoms with E-state index in [1.807, 2.05) is 0 Å². The van der Waals surface area contributed by atoms with Crippen molar-refractivity contribution in [3.63, 3.8) is 0 Å². The summed E-state index contributed by atoms with van der Waals surface area (Å²) in [4.78, 5) is 0. The normalized spacial score (nSPS) is 11.9. The van der Waals surface area contributed by atoms with Gasteiger partial charge in [0, 0.05) is 5.33 Å². The van der Waals surface area contributed by atoms with Crippen molar-refractivity contribution < 1.29 is 0 Å². The molecule has 0 fully saturated rings. The number of hydrogen-bond donors (Lipinski definition) is 0. The van der Waals surface area contributed by atoms with Crippen LogP contribution in [0.2, 0.25) is 0 Å². The lowest BCUT2D eigenvalue weighted by Gasteiger charge is -2.09. The minimum absolute atomic E-state index is 0.969. The zero-order valence-corrected chi connectivity index (χ0v) is 11.6. The van der Waals surface area contributed by atoms with Crippen LogP contribution in [0.1, 0.15) is 35.6 Å². The first-order valence-corrected chi connectivity index (χ1v) is 6.53. The van der Waals surface area contributed by atoms with Crippen molar-refractivity contribution in [2.75, 3.05) is 5.33 Å². The van der Waals surface area contributed by atoms with Gasteiger partial charge in [-0.05, 0) is 43.9 Å². The molecule has 0 unspecified atom stereocenters.